The van der Waals surface area contributed by atoms with Gasteiger partial charge < -0.3 is 9.84 Å². The maximum Gasteiger partial charge on any atom is 0.0663 e. The van der Waals surface area contributed by atoms with Crippen LogP contribution in [0, 0.1) is 5.92 Å². The molecule has 1 aromatic rings. The topological polar surface area (TPSA) is 29.5 Å². The summed E-state index contributed by atoms with van der Waals surface area (Å²) in [6, 6.07) is 10.6. The van der Waals surface area contributed by atoms with Crippen LogP contribution in [0.2, 0.25) is 0 Å². The third-order valence-corrected chi connectivity index (χ3v) is 4.73. The Labute approximate surface area is 116 Å². The molecule has 19 heavy (non-hydrogen) atoms. The maximum atomic E-state index is 10.9. The average Bonchev–Trinajstić information content (AvgIpc) is 2.95. The van der Waals surface area contributed by atoms with Gasteiger partial charge in [-0.2, -0.15) is 0 Å². The fraction of sp³-hybridized carbons (Fsp3) is 0.647. The van der Waals surface area contributed by atoms with E-state index in [1.165, 1.54) is 18.4 Å². The van der Waals surface area contributed by atoms with Gasteiger partial charge in [0.25, 0.3) is 0 Å². The van der Waals surface area contributed by atoms with Crippen LogP contribution in [-0.4, -0.2) is 24.9 Å². The van der Waals surface area contributed by atoms with Crippen LogP contribution in [0.5, 0.6) is 0 Å². The second-order valence-electron chi connectivity index (χ2n) is 5.93. The van der Waals surface area contributed by atoms with E-state index in [2.05, 4.69) is 31.2 Å². The van der Waals surface area contributed by atoms with Crippen molar-refractivity contribution in [3.05, 3.63) is 35.9 Å². The summed E-state index contributed by atoms with van der Waals surface area (Å²) in [5.41, 5.74) is 1.28. The van der Waals surface area contributed by atoms with Gasteiger partial charge in [0.2, 0.25) is 0 Å². The van der Waals surface area contributed by atoms with Gasteiger partial charge in [0.1, 0.15) is 0 Å². The Morgan fingerprint density at radius 2 is 1.84 bits per heavy atom. The molecule has 0 aliphatic heterocycles. The molecule has 0 spiro atoms. The normalized spacial score (nSPS) is 21.2. The Hall–Kier alpha value is -0.860. The first-order chi connectivity index (χ1) is 9.20. The summed E-state index contributed by atoms with van der Waals surface area (Å²) in [5, 5.41) is 10.9. The lowest BCUT2D eigenvalue weighted by atomic mass is 9.70. The van der Waals surface area contributed by atoms with Gasteiger partial charge in [0.05, 0.1) is 6.10 Å². The molecule has 2 rings (SSSR count). The molecule has 1 aliphatic rings. The summed E-state index contributed by atoms with van der Waals surface area (Å²) >= 11 is 0. The molecule has 0 bridgehead atoms. The van der Waals surface area contributed by atoms with Crippen molar-refractivity contribution in [2.45, 2.75) is 50.5 Å². The van der Waals surface area contributed by atoms with Crippen LogP contribution in [0.15, 0.2) is 30.3 Å². The maximum absolute atomic E-state index is 10.9. The van der Waals surface area contributed by atoms with Crippen LogP contribution in [0.25, 0.3) is 0 Å². The number of aliphatic hydroxyl groups excluding tert-OH is 1. The minimum atomic E-state index is -0.271. The molecule has 2 unspecified atom stereocenters. The fourth-order valence-corrected chi connectivity index (χ4v) is 3.54. The highest BCUT2D eigenvalue weighted by Crippen LogP contribution is 2.46. The van der Waals surface area contributed by atoms with Crippen molar-refractivity contribution in [1.82, 2.24) is 0 Å². The molecule has 106 valence electrons. The third kappa shape index (κ3) is 3.01. The average molecular weight is 262 g/mol. The molecule has 0 aromatic heterocycles. The third-order valence-electron chi connectivity index (χ3n) is 4.73. The predicted molar refractivity (Wildman–Crippen MR) is 78.3 cm³/mol. The lowest BCUT2D eigenvalue weighted by Crippen LogP contribution is -2.41. The first kappa shape index (κ1) is 14.5. The Kier molecular flexibility index (Phi) is 5.00. The summed E-state index contributed by atoms with van der Waals surface area (Å²) in [4.78, 5) is 0. The zero-order chi connectivity index (χ0) is 13.7. The number of aliphatic hydroxyl groups is 1. The standard InChI is InChI=1S/C17H26O2/c1-14(10-13-19-2)16(18)17(11-6-7-12-17)15-8-4-3-5-9-15/h3-5,8-9,14,16,18H,6-7,10-13H2,1-2H3. The van der Waals surface area contributed by atoms with E-state index in [1.807, 2.05) is 6.07 Å². The molecular weight excluding hydrogens is 236 g/mol. The lowest BCUT2D eigenvalue weighted by Gasteiger charge is -2.38. The van der Waals surface area contributed by atoms with Crippen LogP contribution >= 0.6 is 0 Å². The molecular formula is C17H26O2. The van der Waals surface area contributed by atoms with Crippen molar-refractivity contribution < 1.29 is 9.84 Å². The molecule has 1 saturated carbocycles. The Balaban J connectivity index is 2.20. The molecule has 0 heterocycles. The predicted octanol–water partition coefficient (Wildman–Crippen LogP) is 3.53. The SMILES string of the molecule is COCCC(C)C(O)C1(c2ccccc2)CCCC1. The van der Waals surface area contributed by atoms with Gasteiger partial charge in [-0.1, -0.05) is 50.1 Å². The minimum absolute atomic E-state index is 0.0333. The quantitative estimate of drug-likeness (QED) is 0.850. The Bertz CT molecular complexity index is 368. The van der Waals surface area contributed by atoms with Gasteiger partial charge in [0, 0.05) is 19.1 Å². The Morgan fingerprint density at radius 3 is 2.42 bits per heavy atom. The van der Waals surface area contributed by atoms with E-state index in [1.54, 1.807) is 7.11 Å². The number of hydrogen-bond acceptors (Lipinski definition) is 2. The smallest absolute Gasteiger partial charge is 0.0663 e. The van der Waals surface area contributed by atoms with E-state index >= 15 is 0 Å². The molecule has 1 fully saturated rings. The molecule has 0 saturated heterocycles. The summed E-state index contributed by atoms with van der Waals surface area (Å²) < 4.78 is 5.15. The van der Waals surface area contributed by atoms with E-state index in [0.29, 0.717) is 0 Å². The van der Waals surface area contributed by atoms with Crippen molar-refractivity contribution in [1.29, 1.82) is 0 Å². The van der Waals surface area contributed by atoms with Gasteiger partial charge in [-0.25, -0.2) is 0 Å². The molecule has 0 radical (unpaired) electrons. The first-order valence-corrected chi connectivity index (χ1v) is 7.43. The summed E-state index contributed by atoms with van der Waals surface area (Å²) in [5.74, 6) is 0.276. The number of hydrogen-bond donors (Lipinski definition) is 1. The molecule has 2 heteroatoms. The largest absolute Gasteiger partial charge is 0.392 e. The van der Waals surface area contributed by atoms with Crippen LogP contribution < -0.4 is 0 Å². The van der Waals surface area contributed by atoms with Gasteiger partial charge in [-0.05, 0) is 30.7 Å². The fourth-order valence-electron chi connectivity index (χ4n) is 3.54. The van der Waals surface area contributed by atoms with Crippen LogP contribution in [0.4, 0.5) is 0 Å². The lowest BCUT2D eigenvalue weighted by molar-refractivity contribution is 0.0227. The summed E-state index contributed by atoms with van der Waals surface area (Å²) in [6.07, 6.45) is 5.32. The highest BCUT2D eigenvalue weighted by atomic mass is 16.5. The van der Waals surface area contributed by atoms with Gasteiger partial charge in [-0.15, -0.1) is 0 Å². The van der Waals surface area contributed by atoms with Crippen molar-refractivity contribution >= 4 is 0 Å². The zero-order valence-corrected chi connectivity index (χ0v) is 12.1. The highest BCUT2D eigenvalue weighted by molar-refractivity contribution is 5.28. The molecule has 0 amide bonds. The number of rotatable bonds is 6. The van der Waals surface area contributed by atoms with Gasteiger partial charge >= 0.3 is 0 Å². The number of ether oxygens (including phenoxy) is 1. The minimum Gasteiger partial charge on any atom is -0.392 e. The van der Waals surface area contributed by atoms with E-state index in [4.69, 9.17) is 4.74 Å². The zero-order valence-electron chi connectivity index (χ0n) is 12.1. The van der Waals surface area contributed by atoms with Crippen LogP contribution in [-0.2, 0) is 10.2 Å². The van der Waals surface area contributed by atoms with Gasteiger partial charge in [0.15, 0.2) is 0 Å². The first-order valence-electron chi connectivity index (χ1n) is 7.43. The van der Waals surface area contributed by atoms with Crippen LogP contribution in [0.3, 0.4) is 0 Å². The van der Waals surface area contributed by atoms with Crippen molar-refractivity contribution in [3.63, 3.8) is 0 Å². The molecule has 1 N–H and O–H groups in total. The molecule has 1 aliphatic carbocycles. The second-order valence-corrected chi connectivity index (χ2v) is 5.93. The van der Waals surface area contributed by atoms with E-state index in [0.717, 1.165) is 25.9 Å². The number of methoxy groups -OCH3 is 1. The summed E-state index contributed by atoms with van der Waals surface area (Å²) in [7, 11) is 1.72. The number of benzene rings is 1. The highest BCUT2D eigenvalue weighted by Gasteiger charge is 2.43. The van der Waals surface area contributed by atoms with E-state index in [9.17, 15) is 5.11 Å². The molecule has 1 aromatic carbocycles. The van der Waals surface area contributed by atoms with Crippen LogP contribution in [0.1, 0.15) is 44.6 Å². The van der Waals surface area contributed by atoms with Crippen molar-refractivity contribution in [3.8, 4) is 0 Å². The summed E-state index contributed by atoms with van der Waals surface area (Å²) in [6.45, 7) is 2.87. The van der Waals surface area contributed by atoms with E-state index < -0.39 is 0 Å². The second kappa shape index (κ2) is 6.53. The molecule has 2 nitrogen and oxygen atoms in total. The Morgan fingerprint density at radius 1 is 1.21 bits per heavy atom. The monoisotopic (exact) mass is 262 g/mol. The van der Waals surface area contributed by atoms with Crippen molar-refractivity contribution in [2.75, 3.05) is 13.7 Å². The van der Waals surface area contributed by atoms with E-state index in [-0.39, 0.29) is 17.4 Å². The molecule has 2 atom stereocenters. The van der Waals surface area contributed by atoms with Crippen molar-refractivity contribution in [2.24, 2.45) is 5.92 Å². The van der Waals surface area contributed by atoms with Gasteiger partial charge in [-0.3, -0.25) is 0 Å².